The first-order chi connectivity index (χ1) is 8.61. The summed E-state index contributed by atoms with van der Waals surface area (Å²) in [5.74, 6) is 0. The van der Waals surface area contributed by atoms with Crippen molar-refractivity contribution in [3.8, 4) is 0 Å². The first-order valence-electron chi connectivity index (χ1n) is 5.42. The maximum absolute atomic E-state index is 12.7. The van der Waals surface area contributed by atoms with E-state index in [2.05, 4.69) is 0 Å². The third kappa shape index (κ3) is 2.64. The minimum absolute atomic E-state index is 0.197. The fourth-order valence-electron chi connectivity index (χ4n) is 1.75. The van der Waals surface area contributed by atoms with Gasteiger partial charge in [0.2, 0.25) is 10.0 Å². The molecule has 2 rings (SSSR count). The van der Waals surface area contributed by atoms with E-state index in [1.54, 1.807) is 4.72 Å². The number of thiophene rings is 1. The Hall–Kier alpha value is -0.640. The van der Waals surface area contributed by atoms with Crippen LogP contribution in [-0.4, -0.2) is 25.2 Å². The van der Waals surface area contributed by atoms with E-state index in [-0.39, 0.29) is 24.3 Å². The summed E-state index contributed by atoms with van der Waals surface area (Å²) in [6.45, 7) is 1.15. The molecule has 0 bridgehead atoms. The molecule has 0 spiro atoms. The zero-order chi connectivity index (χ0) is 14.5. The van der Waals surface area contributed by atoms with E-state index in [1.807, 2.05) is 0 Å². The van der Waals surface area contributed by atoms with E-state index in [1.165, 1.54) is 13.0 Å². The normalized spacial score (nSPS) is 18.6. The van der Waals surface area contributed by atoms with Crippen molar-refractivity contribution < 1.29 is 26.7 Å². The molecule has 0 atom stereocenters. The van der Waals surface area contributed by atoms with Gasteiger partial charge in [-0.25, -0.2) is 8.42 Å². The monoisotopic (exact) mass is 315 g/mol. The van der Waals surface area contributed by atoms with E-state index in [0.29, 0.717) is 9.75 Å². The van der Waals surface area contributed by atoms with E-state index in [9.17, 15) is 21.6 Å². The quantitative estimate of drug-likeness (QED) is 0.892. The Morgan fingerprint density at radius 1 is 1.47 bits per heavy atom. The van der Waals surface area contributed by atoms with Crippen molar-refractivity contribution in [2.75, 3.05) is 0 Å². The van der Waals surface area contributed by atoms with Crippen molar-refractivity contribution in [3.05, 3.63) is 15.8 Å². The maximum atomic E-state index is 12.7. The highest BCUT2D eigenvalue weighted by Crippen LogP contribution is 2.50. The van der Waals surface area contributed by atoms with Gasteiger partial charge in [0.15, 0.2) is 0 Å². The number of sulfonamides is 1. The Balaban J connectivity index is 2.31. The molecule has 1 aromatic heterocycles. The summed E-state index contributed by atoms with van der Waals surface area (Å²) in [6, 6.07) is 1.20. The molecule has 1 saturated carbocycles. The van der Waals surface area contributed by atoms with Crippen LogP contribution < -0.4 is 4.72 Å². The third-order valence-corrected chi connectivity index (χ3v) is 5.82. The van der Waals surface area contributed by atoms with E-state index in [0.717, 1.165) is 11.3 Å². The van der Waals surface area contributed by atoms with Crippen LogP contribution in [0.5, 0.6) is 0 Å². The number of hydrogen-bond donors (Lipinski definition) is 2. The van der Waals surface area contributed by atoms with E-state index in [4.69, 9.17) is 5.11 Å². The number of aryl methyl sites for hydroxylation is 1. The lowest BCUT2D eigenvalue weighted by Crippen LogP contribution is -2.47. The molecular weight excluding hydrogens is 303 g/mol. The molecule has 4 nitrogen and oxygen atoms in total. The topological polar surface area (TPSA) is 66.4 Å². The van der Waals surface area contributed by atoms with Gasteiger partial charge >= 0.3 is 6.18 Å². The van der Waals surface area contributed by atoms with Gasteiger partial charge in [0, 0.05) is 9.75 Å². The summed E-state index contributed by atoms with van der Waals surface area (Å²) in [6.07, 6.45) is -5.08. The molecule has 0 saturated heterocycles. The number of halogens is 3. The first-order valence-corrected chi connectivity index (χ1v) is 7.72. The Morgan fingerprint density at radius 2 is 2.05 bits per heavy atom. The van der Waals surface area contributed by atoms with Crippen molar-refractivity contribution in [3.63, 3.8) is 0 Å². The summed E-state index contributed by atoms with van der Waals surface area (Å²) in [5.41, 5.74) is -2.32. The molecule has 0 aromatic carbocycles. The van der Waals surface area contributed by atoms with Crippen molar-refractivity contribution in [2.45, 2.75) is 43.0 Å². The fourth-order valence-corrected chi connectivity index (χ4v) is 4.69. The summed E-state index contributed by atoms with van der Waals surface area (Å²) in [4.78, 5) is 0.557. The van der Waals surface area contributed by atoms with Crippen LogP contribution in [-0.2, 0) is 16.6 Å². The molecule has 0 amide bonds. The van der Waals surface area contributed by atoms with Crippen LogP contribution in [0.4, 0.5) is 13.2 Å². The second-order valence-corrected chi connectivity index (χ2v) is 7.47. The van der Waals surface area contributed by atoms with Crippen LogP contribution in [0.3, 0.4) is 0 Å². The van der Waals surface area contributed by atoms with Crippen LogP contribution in [0, 0.1) is 6.92 Å². The predicted molar refractivity (Wildman–Crippen MR) is 63.3 cm³/mol. The SMILES string of the molecule is Cc1sc(CO)cc1S(=O)(=O)NC1(C(F)(F)F)CC1. The van der Waals surface area contributed by atoms with Crippen LogP contribution >= 0.6 is 11.3 Å². The number of aliphatic hydroxyl groups excluding tert-OH is 1. The van der Waals surface area contributed by atoms with Gasteiger partial charge in [0.05, 0.1) is 11.5 Å². The number of nitrogens with one attached hydrogen (secondary N) is 1. The summed E-state index contributed by atoms with van der Waals surface area (Å²) in [7, 11) is -4.23. The van der Waals surface area contributed by atoms with Crippen molar-refractivity contribution in [1.82, 2.24) is 4.72 Å². The standard InChI is InChI=1S/C10H12F3NO3S2/c1-6-8(4-7(5-15)18-6)19(16,17)14-9(2-3-9)10(11,12)13/h4,14-15H,2-3,5H2,1H3. The lowest BCUT2D eigenvalue weighted by atomic mass is 10.3. The first kappa shape index (κ1) is 14.8. The van der Waals surface area contributed by atoms with Gasteiger partial charge in [-0.05, 0) is 25.8 Å². The lowest BCUT2D eigenvalue weighted by Gasteiger charge is -2.20. The van der Waals surface area contributed by atoms with Gasteiger partial charge in [-0.1, -0.05) is 0 Å². The molecule has 108 valence electrons. The third-order valence-electron chi connectivity index (χ3n) is 2.99. The molecule has 1 heterocycles. The van der Waals surface area contributed by atoms with Crippen molar-refractivity contribution in [2.24, 2.45) is 0 Å². The van der Waals surface area contributed by atoms with Crippen LogP contribution in [0.2, 0.25) is 0 Å². The van der Waals surface area contributed by atoms with Gasteiger partial charge in [-0.3, -0.25) is 0 Å². The Kier molecular flexibility index (Phi) is 3.45. The van der Waals surface area contributed by atoms with Crippen LogP contribution in [0.15, 0.2) is 11.0 Å². The number of rotatable bonds is 4. The molecule has 1 aliphatic carbocycles. The minimum atomic E-state index is -4.59. The smallest absolute Gasteiger partial charge is 0.391 e. The summed E-state index contributed by atoms with van der Waals surface area (Å²) >= 11 is 1.04. The molecule has 1 fully saturated rings. The second-order valence-electron chi connectivity index (χ2n) is 4.48. The second kappa shape index (κ2) is 4.44. The zero-order valence-electron chi connectivity index (χ0n) is 9.91. The number of hydrogen-bond acceptors (Lipinski definition) is 4. The molecule has 1 aromatic rings. The summed E-state index contributed by atoms with van der Waals surface area (Å²) in [5, 5.41) is 8.93. The maximum Gasteiger partial charge on any atom is 0.407 e. The minimum Gasteiger partial charge on any atom is -0.391 e. The largest absolute Gasteiger partial charge is 0.407 e. The van der Waals surface area contributed by atoms with Crippen molar-refractivity contribution >= 4 is 21.4 Å². The molecule has 0 aliphatic heterocycles. The van der Waals surface area contributed by atoms with Gasteiger partial charge in [0.1, 0.15) is 5.54 Å². The molecule has 0 unspecified atom stereocenters. The lowest BCUT2D eigenvalue weighted by molar-refractivity contribution is -0.160. The molecule has 1 aliphatic rings. The van der Waals surface area contributed by atoms with E-state index < -0.39 is 21.7 Å². The average molecular weight is 315 g/mol. The molecular formula is C10H12F3NO3S2. The Bertz CT molecular complexity index is 588. The molecule has 19 heavy (non-hydrogen) atoms. The summed E-state index contributed by atoms with van der Waals surface area (Å²) < 4.78 is 64.0. The highest BCUT2D eigenvalue weighted by atomic mass is 32.2. The number of aliphatic hydroxyl groups is 1. The molecule has 2 N–H and O–H groups in total. The van der Waals surface area contributed by atoms with Crippen molar-refractivity contribution in [1.29, 1.82) is 0 Å². The molecule has 0 radical (unpaired) electrons. The predicted octanol–water partition coefficient (Wildman–Crippen LogP) is 1.92. The van der Waals surface area contributed by atoms with Crippen LogP contribution in [0.1, 0.15) is 22.6 Å². The number of alkyl halides is 3. The van der Waals surface area contributed by atoms with Gasteiger partial charge in [-0.2, -0.15) is 17.9 Å². The Labute approximate surface area is 112 Å². The van der Waals surface area contributed by atoms with Gasteiger partial charge in [0.25, 0.3) is 0 Å². The van der Waals surface area contributed by atoms with E-state index >= 15 is 0 Å². The van der Waals surface area contributed by atoms with Gasteiger partial charge < -0.3 is 5.11 Å². The highest BCUT2D eigenvalue weighted by Gasteiger charge is 2.65. The molecule has 9 heteroatoms. The van der Waals surface area contributed by atoms with Crippen LogP contribution in [0.25, 0.3) is 0 Å². The zero-order valence-corrected chi connectivity index (χ0v) is 11.5. The Morgan fingerprint density at radius 3 is 2.42 bits per heavy atom. The average Bonchev–Trinajstić information content (AvgIpc) is 2.92. The van der Waals surface area contributed by atoms with Gasteiger partial charge in [-0.15, -0.1) is 11.3 Å². The fraction of sp³-hybridized carbons (Fsp3) is 0.600. The highest BCUT2D eigenvalue weighted by molar-refractivity contribution is 7.89.